The van der Waals surface area contributed by atoms with Gasteiger partial charge in [0.25, 0.3) is 11.8 Å². The summed E-state index contributed by atoms with van der Waals surface area (Å²) in [5, 5.41) is 12.8. The number of piperazine rings is 1. The average Bonchev–Trinajstić information content (AvgIpc) is 1.31. The summed E-state index contributed by atoms with van der Waals surface area (Å²) >= 11 is 0. The lowest BCUT2D eigenvalue weighted by Gasteiger charge is -2.55. The van der Waals surface area contributed by atoms with E-state index in [4.69, 9.17) is 9.47 Å². The first-order chi connectivity index (χ1) is 62.1. The number of hydrogen-bond acceptors (Lipinski definition) is 15. The maximum Gasteiger partial charge on any atom is 0.419 e. The fourth-order valence-corrected chi connectivity index (χ4v) is 18.9. The minimum atomic E-state index is -4.92. The van der Waals surface area contributed by atoms with Gasteiger partial charge in [0.05, 0.1) is 40.2 Å². The van der Waals surface area contributed by atoms with Crippen LogP contribution in [0, 0.1) is 56.0 Å². The highest BCUT2D eigenvalue weighted by molar-refractivity contribution is 6.09. The van der Waals surface area contributed by atoms with E-state index in [0.29, 0.717) is 77.2 Å². The molecule has 9 heterocycles. The van der Waals surface area contributed by atoms with E-state index in [2.05, 4.69) is 102 Å². The van der Waals surface area contributed by atoms with E-state index in [1.807, 2.05) is 119 Å². The lowest BCUT2D eigenvalue weighted by atomic mass is 9.74. The summed E-state index contributed by atoms with van der Waals surface area (Å²) in [7, 11) is 1.69. The molecular weight excluding hydrogens is 1650 g/mol. The van der Waals surface area contributed by atoms with Gasteiger partial charge in [-0.05, 0) is 213 Å². The molecular formula is C102H115F6N13O8. The smallest absolute Gasteiger partial charge is 0.419 e. The number of aromatic nitrogens is 5. The number of pyridine rings is 1. The second-order valence-corrected chi connectivity index (χ2v) is 35.5. The number of ether oxygens (including phenoxy) is 2. The van der Waals surface area contributed by atoms with Crippen molar-refractivity contribution in [3.05, 3.63) is 268 Å². The predicted octanol–water partition coefficient (Wildman–Crippen LogP) is 18.9. The van der Waals surface area contributed by atoms with Crippen molar-refractivity contribution >= 4 is 73.9 Å². The second-order valence-electron chi connectivity index (χ2n) is 35.5. The number of imide groups is 1. The number of benzene rings is 8. The first kappa shape index (κ1) is 93.4. The van der Waals surface area contributed by atoms with Crippen molar-refractivity contribution in [2.75, 3.05) is 97.1 Å². The Hall–Kier alpha value is -11.8. The van der Waals surface area contributed by atoms with Crippen LogP contribution < -0.4 is 10.6 Å². The van der Waals surface area contributed by atoms with Crippen LogP contribution in [0.1, 0.15) is 157 Å². The third-order valence-corrected chi connectivity index (χ3v) is 26.5. The zero-order valence-corrected chi connectivity index (χ0v) is 74.4. The Kier molecular flexibility index (Phi) is 30.9. The Balaban J connectivity index is 0.000000140. The molecule has 21 nitrogen and oxygen atoms in total. The largest absolute Gasteiger partial charge is 0.442 e. The van der Waals surface area contributed by atoms with Crippen LogP contribution in [0.3, 0.4) is 0 Å². The number of ketones is 1. The van der Waals surface area contributed by atoms with Gasteiger partial charge in [0, 0.05) is 153 Å². The third kappa shape index (κ3) is 24.2. The number of carbonyl (C=O) groups excluding carboxylic acids is 6. The average molecular weight is 1770 g/mol. The van der Waals surface area contributed by atoms with Crippen molar-refractivity contribution < 1.29 is 64.6 Å². The van der Waals surface area contributed by atoms with Gasteiger partial charge in [0.15, 0.2) is 5.65 Å². The molecule has 0 unspecified atom stereocenters. The Labute approximate surface area is 749 Å². The van der Waals surface area contributed by atoms with E-state index in [0.717, 1.165) is 230 Å². The third-order valence-electron chi connectivity index (χ3n) is 26.5. The number of rotatable bonds is 20. The predicted molar refractivity (Wildman–Crippen MR) is 487 cm³/mol. The normalized spacial score (nSPS) is 17.6. The zero-order chi connectivity index (χ0) is 90.9. The first-order valence-electron chi connectivity index (χ1n) is 45.1. The molecule has 6 aliphatic rings. The molecule has 678 valence electrons. The van der Waals surface area contributed by atoms with Gasteiger partial charge in [0.1, 0.15) is 35.2 Å². The number of piperidine rings is 3. The number of fused-ring (bicyclic) bond motifs is 3. The minimum absolute atomic E-state index is 0.0440. The lowest BCUT2D eigenvalue weighted by Crippen LogP contribution is -2.64. The molecule has 6 fully saturated rings. The van der Waals surface area contributed by atoms with Crippen LogP contribution in [-0.2, 0) is 58.2 Å². The molecule has 0 radical (unpaired) electrons. The van der Waals surface area contributed by atoms with Gasteiger partial charge in [-0.3, -0.25) is 43.9 Å². The van der Waals surface area contributed by atoms with E-state index in [1.54, 1.807) is 26.1 Å². The van der Waals surface area contributed by atoms with Crippen LogP contribution in [0.2, 0.25) is 0 Å². The molecule has 1 spiro atoms. The van der Waals surface area contributed by atoms with Crippen molar-refractivity contribution in [2.45, 2.75) is 155 Å². The molecule has 1 atom stereocenters. The van der Waals surface area contributed by atoms with Crippen LogP contribution in [-0.4, -0.2) is 193 Å². The maximum absolute atomic E-state index is 13.4. The summed E-state index contributed by atoms with van der Waals surface area (Å²) < 4.78 is 91.7. The number of urea groups is 1. The van der Waals surface area contributed by atoms with E-state index < -0.39 is 29.5 Å². The highest BCUT2D eigenvalue weighted by atomic mass is 19.4. The van der Waals surface area contributed by atoms with Gasteiger partial charge in [-0.15, -0.1) is 0 Å². The first-order valence-corrected chi connectivity index (χ1v) is 45.1. The van der Waals surface area contributed by atoms with Gasteiger partial charge in [0.2, 0.25) is 5.91 Å². The summed E-state index contributed by atoms with van der Waals surface area (Å²) in [6, 6.07) is 53.1. The van der Waals surface area contributed by atoms with Crippen LogP contribution in [0.15, 0.2) is 195 Å². The Bertz CT molecular complexity index is 5720. The van der Waals surface area contributed by atoms with Crippen molar-refractivity contribution in [3.8, 4) is 11.1 Å². The number of carbonyl (C=O) groups is 6. The van der Waals surface area contributed by atoms with Gasteiger partial charge in [-0.1, -0.05) is 141 Å². The summed E-state index contributed by atoms with van der Waals surface area (Å²) in [5.41, 5.74) is 8.17. The number of halogens is 6. The number of nitrogens with zero attached hydrogens (tertiary/aromatic N) is 11. The summed E-state index contributed by atoms with van der Waals surface area (Å²) in [6.07, 6.45) is 10.8. The van der Waals surface area contributed by atoms with Crippen molar-refractivity contribution in [1.29, 1.82) is 0 Å². The zero-order valence-electron chi connectivity index (χ0n) is 74.4. The molecule has 2 N–H and O–H groups in total. The number of nitrogens with one attached hydrogen (secondary N) is 2. The molecule has 6 saturated heterocycles. The number of amides is 6. The number of hydrogen-bond donors (Lipinski definition) is 2. The van der Waals surface area contributed by atoms with E-state index in [-0.39, 0.29) is 51.9 Å². The number of Topliss-reactive ketones (excluding diaryl/α,β-unsaturated/α-hetero) is 1. The monoisotopic (exact) mass is 1760 g/mol. The van der Waals surface area contributed by atoms with Gasteiger partial charge in [-0.25, -0.2) is 37.7 Å². The number of unbranched alkanes of at least 4 members (excludes halogenated alkanes) is 1. The molecule has 0 bridgehead atoms. The van der Waals surface area contributed by atoms with E-state index >= 15 is 0 Å². The number of aryl methyl sites for hydroxylation is 4. The highest BCUT2D eigenvalue weighted by Gasteiger charge is 2.52. The maximum atomic E-state index is 13.4. The molecule has 6 aliphatic heterocycles. The molecule has 11 aromatic rings. The fourth-order valence-electron chi connectivity index (χ4n) is 18.9. The van der Waals surface area contributed by atoms with Crippen molar-refractivity contribution in [3.63, 3.8) is 0 Å². The van der Waals surface area contributed by atoms with Gasteiger partial charge in [-0.2, -0.15) is 18.3 Å². The van der Waals surface area contributed by atoms with Gasteiger partial charge < -0.3 is 29.5 Å². The summed E-state index contributed by atoms with van der Waals surface area (Å²) in [6.45, 7) is 23.7. The quantitative estimate of drug-likeness (QED) is 0.0678. The minimum Gasteiger partial charge on any atom is -0.442 e. The van der Waals surface area contributed by atoms with Crippen LogP contribution >= 0.6 is 0 Å². The second kappa shape index (κ2) is 42.6. The van der Waals surface area contributed by atoms with E-state index in [9.17, 15) is 55.1 Å². The van der Waals surface area contributed by atoms with Crippen LogP contribution in [0.4, 0.5) is 41.6 Å². The Morgan fingerprint density at radius 1 is 0.589 bits per heavy atom. The van der Waals surface area contributed by atoms with Gasteiger partial charge >= 0.3 is 18.3 Å². The molecule has 0 saturated carbocycles. The molecule has 129 heavy (non-hydrogen) atoms. The Morgan fingerprint density at radius 3 is 1.81 bits per heavy atom. The number of likely N-dealkylation sites (tertiary alicyclic amines) is 3. The molecule has 0 aliphatic carbocycles. The van der Waals surface area contributed by atoms with Crippen molar-refractivity contribution in [1.82, 2.24) is 59.4 Å². The lowest BCUT2D eigenvalue weighted by molar-refractivity contribution is -0.140. The summed E-state index contributed by atoms with van der Waals surface area (Å²) in [5.74, 6) is -0.679. The Morgan fingerprint density at radius 2 is 1.19 bits per heavy atom. The van der Waals surface area contributed by atoms with Crippen LogP contribution in [0.5, 0.6) is 0 Å². The molecule has 17 rings (SSSR count). The van der Waals surface area contributed by atoms with Crippen LogP contribution in [0.25, 0.3) is 43.7 Å². The number of anilines is 1. The number of alkyl halides is 3. The standard InChI is InChI=1S/C31H49N5O4.C29H27FN2O.C25H26FNO.C17H13F4N5O2/c1-5-6-7-26-21-35(20-25-8-18-39-19-9-25)29(38)40-31(26)12-16-36(17-13-31)30(4)10-14-34(15-11-30)28(37)27-23(2)32-22-33-24(27)3;30-27-13-12-24-18-22(10-11-25(24)19-27)21-31-14-16-32(17-15-31)29(33)20-26-8-4-5-9-28(26)23-6-2-1-3-7-23;26-24-9-8-22-14-21(6-7-23(22)17-24)18-27-12-10-20(11-13-27)16-25(28)15-19-4-2-1-3-5-19;1-8-11-5-9(7-22-14(11)26(2)25-8)15(27)24-16(28)23-10-3-4-13(18)12(6-10)17(19,20)21/h22,25-26H,5-21H2,1-4H3;1-13,18-19H,14-17,20-21H2;1-9,14,17,20H,10-13,15-16,18H2;3-7H,1-2H3,(H2,23,24,27,28)/t26-;;;/m0.../s1. The SMILES string of the molecule is CCCC[C@H]1CN(CC2CCOCC2)C(=O)OC12CCN(C1(C)CCN(C(=O)c3c(C)ncnc3C)CC1)CC2.Cc1nn(C)c2ncc(C(=O)NC(=O)Nc3ccc(F)c(C(F)(F)F)c3)cc12.O=C(Cc1ccccc1)CC1CCN(Cc2ccc3cc(F)ccc3c2)CC1.O=C(Cc1ccccc1-c1ccccc1)N1CCN(Cc2ccc3cc(F)ccc3c2)CC1. The summed E-state index contributed by atoms with van der Waals surface area (Å²) in [4.78, 5) is 102. The molecule has 3 aromatic heterocycles. The molecule has 27 heteroatoms. The topological polar surface area (TPSA) is 221 Å². The van der Waals surface area contributed by atoms with Crippen molar-refractivity contribution in [2.24, 2.45) is 24.8 Å². The highest BCUT2D eigenvalue weighted by Crippen LogP contribution is 2.45. The fraction of sp³-hybridized carbons (Fsp3) is 0.412. The van der Waals surface area contributed by atoms with E-state index in [1.165, 1.54) is 53.0 Å². The molecule has 6 amide bonds. The molecule has 8 aromatic carbocycles.